The summed E-state index contributed by atoms with van der Waals surface area (Å²) in [6.07, 6.45) is 5.89. The van der Waals surface area contributed by atoms with Crippen LogP contribution in [0.5, 0.6) is 0 Å². The molecule has 0 aromatic carbocycles. The molecule has 1 fully saturated rings. The summed E-state index contributed by atoms with van der Waals surface area (Å²) in [6.45, 7) is 3.51. The summed E-state index contributed by atoms with van der Waals surface area (Å²) in [5.41, 5.74) is 0.579. The zero-order chi connectivity index (χ0) is 14.9. The van der Waals surface area contributed by atoms with Crippen LogP contribution in [0.4, 0.5) is 0 Å². The Kier molecular flexibility index (Phi) is 5.25. The second-order valence-corrected chi connectivity index (χ2v) is 7.00. The Balaban J connectivity index is 0.00000176. The van der Waals surface area contributed by atoms with Crippen LogP contribution in [0.2, 0.25) is 0 Å². The van der Waals surface area contributed by atoms with Gasteiger partial charge in [-0.3, -0.25) is 4.79 Å². The number of hydrogen-bond acceptors (Lipinski definition) is 5. The van der Waals surface area contributed by atoms with Gasteiger partial charge in [0.15, 0.2) is 0 Å². The topological polar surface area (TPSA) is 82.1 Å². The fraction of sp³-hybridized carbons (Fsp3) is 0.538. The number of amidine groups is 1. The Morgan fingerprint density at radius 2 is 2.00 bits per heavy atom. The first-order valence-electron chi connectivity index (χ1n) is 7.04. The first-order chi connectivity index (χ1) is 10.1. The van der Waals surface area contributed by atoms with Gasteiger partial charge in [-0.15, -0.1) is 16.8 Å². The molecule has 0 bridgehead atoms. The van der Waals surface area contributed by atoms with Crippen molar-refractivity contribution in [2.45, 2.75) is 6.42 Å². The molecular weight excluding hydrogens is 328 g/mol. The van der Waals surface area contributed by atoms with E-state index in [0.29, 0.717) is 24.5 Å². The highest BCUT2D eigenvalue weighted by atomic mass is 35.5. The number of carbonyl (C=O) groups is 1. The van der Waals surface area contributed by atoms with Gasteiger partial charge in [0.1, 0.15) is 5.84 Å². The first kappa shape index (κ1) is 17.0. The van der Waals surface area contributed by atoms with Gasteiger partial charge >= 0.3 is 0 Å². The third-order valence-corrected chi connectivity index (χ3v) is 4.86. The molecule has 122 valence electrons. The van der Waals surface area contributed by atoms with Gasteiger partial charge in [0.2, 0.25) is 0 Å². The molecule has 0 saturated carbocycles. The van der Waals surface area contributed by atoms with Gasteiger partial charge in [-0.2, -0.15) is 0 Å². The Bertz CT molecular complexity index is 634. The Morgan fingerprint density at radius 1 is 1.18 bits per heavy atom. The van der Waals surface area contributed by atoms with E-state index in [1.165, 1.54) is 0 Å². The molecule has 0 atom stereocenters. The van der Waals surface area contributed by atoms with Crippen molar-refractivity contribution >= 4 is 34.2 Å². The summed E-state index contributed by atoms with van der Waals surface area (Å²) < 4.78 is 26.6. The zero-order valence-corrected chi connectivity index (χ0v) is 13.7. The van der Waals surface area contributed by atoms with Crippen LogP contribution in [-0.4, -0.2) is 68.4 Å². The molecule has 0 spiro atoms. The number of fused-ring (bicyclic) bond motifs is 1. The normalized spacial score (nSPS) is 23.6. The molecule has 0 aromatic heterocycles. The summed E-state index contributed by atoms with van der Waals surface area (Å²) >= 11 is 0. The lowest BCUT2D eigenvalue weighted by Crippen LogP contribution is -2.39. The summed E-state index contributed by atoms with van der Waals surface area (Å²) in [5, 5.41) is 3.26. The monoisotopic (exact) mass is 346 g/mol. The largest absolute Gasteiger partial charge is 0.337 e. The van der Waals surface area contributed by atoms with Crippen LogP contribution < -0.4 is 5.32 Å². The number of nitrogens with one attached hydrogen (secondary N) is 1. The molecule has 1 N–H and O–H groups in total. The van der Waals surface area contributed by atoms with E-state index < -0.39 is 10.0 Å². The maximum absolute atomic E-state index is 12.5. The highest BCUT2D eigenvalue weighted by Crippen LogP contribution is 2.17. The summed E-state index contributed by atoms with van der Waals surface area (Å²) in [4.78, 5) is 16.1. The minimum atomic E-state index is -3.35. The average molecular weight is 347 g/mol. The molecule has 3 rings (SSSR count). The van der Waals surface area contributed by atoms with Crippen molar-refractivity contribution in [3.8, 4) is 0 Å². The molecule has 0 unspecified atom stereocenters. The van der Waals surface area contributed by atoms with Crippen LogP contribution >= 0.6 is 12.4 Å². The van der Waals surface area contributed by atoms with Crippen molar-refractivity contribution in [3.63, 3.8) is 0 Å². The fourth-order valence-corrected chi connectivity index (χ4v) is 3.53. The molecule has 3 heterocycles. The van der Waals surface area contributed by atoms with Gasteiger partial charge in [-0.05, 0) is 25.1 Å². The molecule has 7 nitrogen and oxygen atoms in total. The molecule has 1 amide bonds. The molecule has 22 heavy (non-hydrogen) atoms. The standard InChI is InChI=1S/C13H18N4O3S.ClH/c18-13(16-6-1-4-14-5-7-16)11-2-3-12-15-21(19,20)9-8-17(12)10-11;/h2-3,10,14H,1,4-9H2;1H. The number of halogens is 1. The predicted molar refractivity (Wildman–Crippen MR) is 86.5 cm³/mol. The minimum Gasteiger partial charge on any atom is -0.337 e. The van der Waals surface area contributed by atoms with E-state index in [-0.39, 0.29) is 24.1 Å². The van der Waals surface area contributed by atoms with Crippen molar-refractivity contribution in [1.82, 2.24) is 15.1 Å². The second kappa shape index (κ2) is 6.80. The van der Waals surface area contributed by atoms with Crippen molar-refractivity contribution in [1.29, 1.82) is 0 Å². The number of carbonyl (C=O) groups excluding carboxylic acids is 1. The van der Waals surface area contributed by atoms with Gasteiger partial charge < -0.3 is 15.1 Å². The van der Waals surface area contributed by atoms with Crippen LogP contribution in [-0.2, 0) is 14.8 Å². The zero-order valence-electron chi connectivity index (χ0n) is 12.1. The van der Waals surface area contributed by atoms with E-state index in [9.17, 15) is 13.2 Å². The van der Waals surface area contributed by atoms with Crippen LogP contribution in [0.15, 0.2) is 28.3 Å². The van der Waals surface area contributed by atoms with Crippen molar-refractivity contribution in [3.05, 3.63) is 23.9 Å². The Morgan fingerprint density at radius 3 is 2.82 bits per heavy atom. The molecule has 0 aliphatic carbocycles. The number of hydrogen-bond donors (Lipinski definition) is 1. The Labute approximate surface area is 136 Å². The van der Waals surface area contributed by atoms with Gasteiger partial charge in [-0.1, -0.05) is 0 Å². The van der Waals surface area contributed by atoms with Crippen LogP contribution in [0.25, 0.3) is 0 Å². The van der Waals surface area contributed by atoms with Gasteiger partial charge in [-0.25, -0.2) is 8.42 Å². The third kappa shape index (κ3) is 3.68. The smallest absolute Gasteiger partial charge is 0.256 e. The molecule has 0 radical (unpaired) electrons. The molecular formula is C13H19ClN4O3S. The van der Waals surface area contributed by atoms with Crippen molar-refractivity contribution < 1.29 is 13.2 Å². The molecule has 9 heteroatoms. The van der Waals surface area contributed by atoms with Crippen molar-refractivity contribution in [2.75, 3.05) is 38.5 Å². The quantitative estimate of drug-likeness (QED) is 0.706. The van der Waals surface area contributed by atoms with Crippen molar-refractivity contribution in [2.24, 2.45) is 4.40 Å². The maximum Gasteiger partial charge on any atom is 0.256 e. The van der Waals surface area contributed by atoms with Gasteiger partial charge in [0, 0.05) is 32.4 Å². The number of sulfonamides is 1. The summed E-state index contributed by atoms with van der Waals surface area (Å²) in [5.74, 6) is 0.355. The maximum atomic E-state index is 12.5. The first-order valence-corrected chi connectivity index (χ1v) is 8.65. The lowest BCUT2D eigenvalue weighted by molar-refractivity contribution is -0.126. The van der Waals surface area contributed by atoms with Crippen LogP contribution in [0, 0.1) is 0 Å². The van der Waals surface area contributed by atoms with E-state index in [0.717, 1.165) is 26.1 Å². The van der Waals surface area contributed by atoms with Crippen LogP contribution in [0.1, 0.15) is 6.42 Å². The van der Waals surface area contributed by atoms with Gasteiger partial charge in [0.05, 0.1) is 11.3 Å². The number of amides is 1. The minimum absolute atomic E-state index is 0. The lowest BCUT2D eigenvalue weighted by atomic mass is 10.1. The third-order valence-electron chi connectivity index (χ3n) is 3.70. The SMILES string of the molecule is Cl.O=C(C1=CN2CCS(=O)(=O)N=C2C=C1)N1CCCNCC1. The Hall–Kier alpha value is -1.38. The highest BCUT2D eigenvalue weighted by molar-refractivity contribution is 7.90. The van der Waals surface area contributed by atoms with Crippen LogP contribution in [0.3, 0.4) is 0 Å². The second-order valence-electron chi connectivity index (χ2n) is 5.24. The summed E-state index contributed by atoms with van der Waals surface area (Å²) in [7, 11) is -3.35. The van der Waals surface area contributed by atoms with E-state index in [1.54, 1.807) is 23.3 Å². The lowest BCUT2D eigenvalue weighted by Gasteiger charge is -2.28. The van der Waals surface area contributed by atoms with E-state index in [2.05, 4.69) is 9.71 Å². The highest BCUT2D eigenvalue weighted by Gasteiger charge is 2.26. The fourth-order valence-electron chi connectivity index (χ4n) is 2.56. The predicted octanol–water partition coefficient (Wildman–Crippen LogP) is -0.272. The number of nitrogens with zero attached hydrogens (tertiary/aromatic N) is 3. The molecule has 3 aliphatic heterocycles. The molecule has 3 aliphatic rings. The number of rotatable bonds is 1. The molecule has 1 saturated heterocycles. The van der Waals surface area contributed by atoms with E-state index in [4.69, 9.17) is 0 Å². The van der Waals surface area contributed by atoms with E-state index >= 15 is 0 Å². The summed E-state index contributed by atoms with van der Waals surface area (Å²) in [6, 6.07) is 0. The van der Waals surface area contributed by atoms with E-state index in [1.807, 2.05) is 4.90 Å². The van der Waals surface area contributed by atoms with Gasteiger partial charge in [0.25, 0.3) is 15.9 Å². The molecule has 0 aromatic rings. The average Bonchev–Trinajstić information content (AvgIpc) is 2.74.